The average Bonchev–Trinajstić information content (AvgIpc) is 2.84. The molecule has 2 atom stereocenters. The molecule has 0 aromatic heterocycles. The minimum absolute atomic E-state index is 0.0169. The minimum atomic E-state index is -2.20. The summed E-state index contributed by atoms with van der Waals surface area (Å²) >= 11 is 6.43. The van der Waals surface area contributed by atoms with Crippen molar-refractivity contribution in [3.8, 4) is 5.75 Å². The molecule has 0 spiro atoms. The molecule has 5 heteroatoms. The molecule has 0 aliphatic heterocycles. The number of nitrogens with zero attached hydrogens (tertiary/aromatic N) is 1. The van der Waals surface area contributed by atoms with Crippen LogP contribution in [-0.2, 0) is 17.2 Å². The van der Waals surface area contributed by atoms with Gasteiger partial charge in [0, 0.05) is 28.4 Å². The molecule has 178 valence electrons. The Morgan fingerprint density at radius 3 is 2.09 bits per heavy atom. The first-order valence-corrected chi connectivity index (χ1v) is 14.9. The predicted molar refractivity (Wildman–Crippen MR) is 150 cm³/mol. The van der Waals surface area contributed by atoms with Gasteiger partial charge in [-0.2, -0.15) is 0 Å². The number of phenolic OH excluding ortho intramolecular Hbond substituents is 1. The van der Waals surface area contributed by atoms with Crippen LogP contribution in [0.3, 0.4) is 0 Å². The third kappa shape index (κ3) is 5.68. The molecule has 1 aliphatic carbocycles. The molecular weight excluding hydrogens is 455 g/mol. The van der Waals surface area contributed by atoms with Gasteiger partial charge < -0.3 is 5.11 Å². The third-order valence-corrected chi connectivity index (χ3v) is 10.9. The molecule has 0 unspecified atom stereocenters. The van der Waals surface area contributed by atoms with Gasteiger partial charge in [-0.3, -0.25) is 10.1 Å². The second-order valence-electron chi connectivity index (χ2n) is 10.2. The molecule has 2 N–H and O–H groups in total. The van der Waals surface area contributed by atoms with Crippen molar-refractivity contribution in [2.45, 2.75) is 64.0 Å². The molecule has 1 aliphatic rings. The molecule has 0 heterocycles. The van der Waals surface area contributed by atoms with Gasteiger partial charge in [0.05, 0.1) is 12.2 Å². The molecule has 0 saturated heterocycles. The highest BCUT2D eigenvalue weighted by Crippen LogP contribution is 2.42. The van der Waals surface area contributed by atoms with Crippen molar-refractivity contribution in [2.75, 3.05) is 0 Å². The van der Waals surface area contributed by atoms with E-state index in [2.05, 4.69) is 80.5 Å². The number of aliphatic imine (C=N–C) groups is 1. The highest BCUT2D eigenvalue weighted by Gasteiger charge is 2.31. The fourth-order valence-corrected chi connectivity index (χ4v) is 8.23. The standard InChI is InChI=1S/C29H35N2OPS/c1-29(2,3)23-18-19-28(32)22(20-23)21-30-26-16-10-11-17-27(26)31-33(34,24-12-6-4-7-13-24)25-14-8-5-9-15-25/h4-9,12-15,18-21,26-27,32H,10-11,16-17H2,1-3H3,(H,31,34)/t26-,27-/m1/s1. The molecule has 0 radical (unpaired) electrons. The van der Waals surface area contributed by atoms with Crippen molar-refractivity contribution in [1.29, 1.82) is 0 Å². The molecule has 1 saturated carbocycles. The first kappa shape index (κ1) is 24.9. The first-order valence-electron chi connectivity index (χ1n) is 12.1. The van der Waals surface area contributed by atoms with E-state index in [0.717, 1.165) is 24.8 Å². The average molecular weight is 491 g/mol. The van der Waals surface area contributed by atoms with E-state index in [9.17, 15) is 5.11 Å². The topological polar surface area (TPSA) is 44.6 Å². The van der Waals surface area contributed by atoms with E-state index in [1.54, 1.807) is 6.07 Å². The van der Waals surface area contributed by atoms with Gasteiger partial charge in [0.2, 0.25) is 0 Å². The van der Waals surface area contributed by atoms with Gasteiger partial charge in [0.15, 0.2) is 0 Å². The molecule has 0 bridgehead atoms. The Bertz CT molecular complexity index is 1130. The Kier molecular flexibility index (Phi) is 7.72. The van der Waals surface area contributed by atoms with E-state index in [1.165, 1.54) is 22.6 Å². The molecule has 4 rings (SSSR count). The largest absolute Gasteiger partial charge is 0.507 e. The molecule has 1 fully saturated rings. The van der Waals surface area contributed by atoms with Crippen LogP contribution in [0.1, 0.15) is 57.6 Å². The molecule has 0 amide bonds. The van der Waals surface area contributed by atoms with Gasteiger partial charge in [-0.05, 0) is 36.0 Å². The summed E-state index contributed by atoms with van der Waals surface area (Å²) in [6.45, 7) is 6.55. The Labute approximate surface area is 209 Å². The van der Waals surface area contributed by atoms with Crippen LogP contribution in [0, 0.1) is 0 Å². The van der Waals surface area contributed by atoms with Crippen LogP contribution in [0.4, 0.5) is 0 Å². The van der Waals surface area contributed by atoms with Crippen LogP contribution in [0.5, 0.6) is 5.75 Å². The fourth-order valence-electron chi connectivity index (χ4n) is 4.55. The SMILES string of the molecule is CC(C)(C)c1ccc(O)c(C=N[C@@H]2CCCC[C@H]2NP(=S)(c2ccccc2)c2ccccc2)c1. The lowest BCUT2D eigenvalue weighted by atomic mass is 9.86. The van der Waals surface area contributed by atoms with E-state index in [0.29, 0.717) is 0 Å². The number of nitrogens with one attached hydrogen (secondary N) is 1. The number of phenols is 1. The Hall–Kier alpha value is -2.26. The summed E-state index contributed by atoms with van der Waals surface area (Å²) in [4.78, 5) is 5.01. The number of benzene rings is 3. The highest BCUT2D eigenvalue weighted by molar-refractivity contribution is 8.20. The quantitative estimate of drug-likeness (QED) is 0.326. The van der Waals surface area contributed by atoms with E-state index < -0.39 is 6.19 Å². The minimum Gasteiger partial charge on any atom is -0.507 e. The number of hydrogen-bond acceptors (Lipinski definition) is 3. The van der Waals surface area contributed by atoms with Crippen LogP contribution >= 0.6 is 6.19 Å². The van der Waals surface area contributed by atoms with Crippen molar-refractivity contribution >= 4 is 34.8 Å². The van der Waals surface area contributed by atoms with Gasteiger partial charge in [-0.25, -0.2) is 0 Å². The van der Waals surface area contributed by atoms with Crippen molar-refractivity contribution in [3.63, 3.8) is 0 Å². The predicted octanol–water partition coefficient (Wildman–Crippen LogP) is 6.05. The van der Waals surface area contributed by atoms with E-state index in [4.69, 9.17) is 16.8 Å². The lowest BCUT2D eigenvalue weighted by Gasteiger charge is -2.35. The fraction of sp³-hybridized carbons (Fsp3) is 0.345. The Morgan fingerprint density at radius 1 is 0.912 bits per heavy atom. The molecule has 34 heavy (non-hydrogen) atoms. The maximum atomic E-state index is 10.5. The zero-order chi connectivity index (χ0) is 24.2. The van der Waals surface area contributed by atoms with Crippen LogP contribution < -0.4 is 15.7 Å². The van der Waals surface area contributed by atoms with E-state index >= 15 is 0 Å². The maximum Gasteiger partial charge on any atom is 0.124 e. The van der Waals surface area contributed by atoms with Crippen LogP contribution in [-0.4, -0.2) is 23.4 Å². The normalized spacial score (nSPS) is 19.4. The summed E-state index contributed by atoms with van der Waals surface area (Å²) in [7, 11) is 0. The van der Waals surface area contributed by atoms with E-state index in [1.807, 2.05) is 24.4 Å². The van der Waals surface area contributed by atoms with Crippen molar-refractivity contribution in [2.24, 2.45) is 4.99 Å². The lowest BCUT2D eigenvalue weighted by molar-refractivity contribution is 0.370. The molecule has 3 aromatic carbocycles. The summed E-state index contributed by atoms with van der Waals surface area (Å²) in [6, 6.07) is 27.1. The van der Waals surface area contributed by atoms with Crippen LogP contribution in [0.15, 0.2) is 83.9 Å². The molecule has 3 aromatic rings. The van der Waals surface area contributed by atoms with Gasteiger partial charge >= 0.3 is 0 Å². The summed E-state index contributed by atoms with van der Waals surface area (Å²) in [5, 5.41) is 16.8. The molecule has 3 nitrogen and oxygen atoms in total. The van der Waals surface area contributed by atoms with Gasteiger partial charge in [-0.15, -0.1) is 0 Å². The van der Waals surface area contributed by atoms with Gasteiger partial charge in [0.1, 0.15) is 5.75 Å². The van der Waals surface area contributed by atoms with Gasteiger partial charge in [0.25, 0.3) is 0 Å². The zero-order valence-corrected chi connectivity index (χ0v) is 22.0. The van der Waals surface area contributed by atoms with Crippen molar-refractivity contribution in [3.05, 3.63) is 90.0 Å². The molecular formula is C29H35N2OPS. The first-order chi connectivity index (χ1) is 16.3. The second-order valence-corrected chi connectivity index (χ2v) is 14.3. The van der Waals surface area contributed by atoms with Crippen molar-refractivity contribution < 1.29 is 5.11 Å². The summed E-state index contributed by atoms with van der Waals surface area (Å²) in [5.74, 6) is 0.274. The Morgan fingerprint density at radius 2 is 1.50 bits per heavy atom. The van der Waals surface area contributed by atoms with Crippen molar-refractivity contribution in [1.82, 2.24) is 5.09 Å². The smallest absolute Gasteiger partial charge is 0.124 e. The second kappa shape index (κ2) is 10.6. The Balaban J connectivity index is 1.64. The number of hydrogen-bond donors (Lipinski definition) is 2. The van der Waals surface area contributed by atoms with E-state index in [-0.39, 0.29) is 23.2 Å². The van der Waals surface area contributed by atoms with Crippen LogP contribution in [0.25, 0.3) is 0 Å². The monoisotopic (exact) mass is 490 g/mol. The number of aromatic hydroxyl groups is 1. The highest BCUT2D eigenvalue weighted by atomic mass is 32.4. The third-order valence-electron chi connectivity index (χ3n) is 6.62. The van der Waals surface area contributed by atoms with Crippen LogP contribution in [0.2, 0.25) is 0 Å². The zero-order valence-electron chi connectivity index (χ0n) is 20.3. The van der Waals surface area contributed by atoms with Gasteiger partial charge in [-0.1, -0.05) is 112 Å². The summed E-state index contributed by atoms with van der Waals surface area (Å²) in [6.07, 6.45) is 4.06. The number of rotatable bonds is 6. The maximum absolute atomic E-state index is 10.5. The summed E-state index contributed by atoms with van der Waals surface area (Å²) in [5.41, 5.74) is 1.99. The lowest BCUT2D eigenvalue weighted by Crippen LogP contribution is -2.43. The summed E-state index contributed by atoms with van der Waals surface area (Å²) < 4.78 is 0.